The Bertz CT molecular complexity index is 683. The maximum absolute atomic E-state index is 12.4. The first-order valence-electron chi connectivity index (χ1n) is 6.61. The molecule has 1 atom stereocenters. The molecule has 3 rings (SSSR count). The quantitative estimate of drug-likeness (QED) is 0.560. The fourth-order valence-electron chi connectivity index (χ4n) is 2.73. The predicted octanol–water partition coefficient (Wildman–Crippen LogP) is 0.0601. The van der Waals surface area contributed by atoms with Crippen molar-refractivity contribution in [1.82, 2.24) is 10.2 Å². The molecule has 1 aromatic rings. The lowest BCUT2D eigenvalue weighted by atomic mass is 10.1. The van der Waals surface area contributed by atoms with E-state index in [9.17, 15) is 19.2 Å². The zero-order chi connectivity index (χ0) is 15.1. The van der Waals surface area contributed by atoms with Crippen LogP contribution in [-0.2, 0) is 9.59 Å². The van der Waals surface area contributed by atoms with Crippen molar-refractivity contribution < 1.29 is 19.2 Å². The second-order valence-corrected chi connectivity index (χ2v) is 5.07. The fourth-order valence-corrected chi connectivity index (χ4v) is 2.73. The van der Waals surface area contributed by atoms with Gasteiger partial charge in [0.25, 0.3) is 11.8 Å². The first kappa shape index (κ1) is 13.3. The molecule has 2 heterocycles. The standard InChI is InChI=1S/C14H13N3O4/c15-8-4-1-3-7-11(8)14(21)17(13(7)20)9-5-2-6-10(18)16-12(9)19/h1,3-4,9H,2,5-6,15H2,(H,16,18,19)/t9-/m0/s1. The summed E-state index contributed by atoms with van der Waals surface area (Å²) in [5.41, 5.74) is 6.28. The summed E-state index contributed by atoms with van der Waals surface area (Å²) in [6, 6.07) is 3.65. The summed E-state index contributed by atoms with van der Waals surface area (Å²) in [7, 11) is 0. The maximum Gasteiger partial charge on any atom is 0.264 e. The van der Waals surface area contributed by atoms with E-state index < -0.39 is 29.7 Å². The number of fused-ring (bicyclic) bond motifs is 1. The molecule has 2 aliphatic rings. The predicted molar refractivity (Wildman–Crippen MR) is 72.1 cm³/mol. The van der Waals surface area contributed by atoms with Crippen molar-refractivity contribution in [2.75, 3.05) is 5.73 Å². The number of hydrogen-bond donors (Lipinski definition) is 2. The molecule has 0 aromatic heterocycles. The van der Waals surface area contributed by atoms with E-state index in [1.54, 1.807) is 6.07 Å². The van der Waals surface area contributed by atoms with Crippen LogP contribution in [0.3, 0.4) is 0 Å². The number of nitrogen functional groups attached to an aromatic ring is 1. The summed E-state index contributed by atoms with van der Waals surface area (Å²) in [5, 5.41) is 2.20. The average molecular weight is 287 g/mol. The van der Waals surface area contributed by atoms with Gasteiger partial charge in [-0.05, 0) is 25.0 Å². The minimum absolute atomic E-state index is 0.130. The maximum atomic E-state index is 12.4. The van der Waals surface area contributed by atoms with E-state index in [1.165, 1.54) is 12.1 Å². The lowest BCUT2D eigenvalue weighted by Gasteiger charge is -2.23. The SMILES string of the molecule is Nc1cccc2c1C(=O)N([C@H]1CCCC(=O)NC1=O)C2=O. The lowest BCUT2D eigenvalue weighted by molar-refractivity contribution is -0.131. The van der Waals surface area contributed by atoms with Gasteiger partial charge in [0.05, 0.1) is 11.1 Å². The number of carbonyl (C=O) groups is 4. The number of nitrogens with two attached hydrogens (primary N) is 1. The third-order valence-corrected chi connectivity index (χ3v) is 3.74. The molecule has 1 saturated heterocycles. The average Bonchev–Trinajstić information content (AvgIpc) is 2.57. The second kappa shape index (κ2) is 4.69. The fraction of sp³-hybridized carbons (Fsp3) is 0.286. The molecule has 0 spiro atoms. The zero-order valence-electron chi connectivity index (χ0n) is 11.1. The van der Waals surface area contributed by atoms with Crippen LogP contribution >= 0.6 is 0 Å². The van der Waals surface area contributed by atoms with Crippen molar-refractivity contribution in [1.29, 1.82) is 0 Å². The molecule has 21 heavy (non-hydrogen) atoms. The zero-order valence-corrected chi connectivity index (χ0v) is 11.1. The van der Waals surface area contributed by atoms with Gasteiger partial charge in [0.15, 0.2) is 0 Å². The van der Waals surface area contributed by atoms with Crippen LogP contribution in [0.25, 0.3) is 0 Å². The number of benzene rings is 1. The monoisotopic (exact) mass is 287 g/mol. The van der Waals surface area contributed by atoms with Crippen molar-refractivity contribution in [2.45, 2.75) is 25.3 Å². The molecule has 0 unspecified atom stereocenters. The summed E-state index contributed by atoms with van der Waals surface area (Å²) in [5.74, 6) is -2.14. The van der Waals surface area contributed by atoms with Crippen LogP contribution in [0.5, 0.6) is 0 Å². The number of rotatable bonds is 1. The van der Waals surface area contributed by atoms with Crippen molar-refractivity contribution in [3.8, 4) is 0 Å². The Labute approximate surface area is 120 Å². The van der Waals surface area contributed by atoms with Gasteiger partial charge in [0.1, 0.15) is 6.04 Å². The van der Waals surface area contributed by atoms with Crippen molar-refractivity contribution in [3.05, 3.63) is 29.3 Å². The van der Waals surface area contributed by atoms with E-state index in [4.69, 9.17) is 5.73 Å². The number of nitrogens with zero attached hydrogens (tertiary/aromatic N) is 1. The van der Waals surface area contributed by atoms with Gasteiger partial charge in [-0.25, -0.2) is 0 Å². The van der Waals surface area contributed by atoms with Crippen LogP contribution in [0.4, 0.5) is 5.69 Å². The van der Waals surface area contributed by atoms with E-state index in [0.29, 0.717) is 6.42 Å². The van der Waals surface area contributed by atoms with Crippen LogP contribution < -0.4 is 11.1 Å². The van der Waals surface area contributed by atoms with E-state index in [0.717, 1.165) is 4.90 Å². The third kappa shape index (κ3) is 1.97. The van der Waals surface area contributed by atoms with Gasteiger partial charge in [0, 0.05) is 12.1 Å². The molecule has 0 aliphatic carbocycles. The summed E-state index contributed by atoms with van der Waals surface area (Å²) >= 11 is 0. The molecule has 2 aliphatic heterocycles. The highest BCUT2D eigenvalue weighted by molar-refractivity contribution is 6.25. The Morgan fingerprint density at radius 1 is 1.14 bits per heavy atom. The molecule has 1 aromatic carbocycles. The summed E-state index contributed by atoms with van der Waals surface area (Å²) in [4.78, 5) is 49.1. The van der Waals surface area contributed by atoms with Crippen molar-refractivity contribution in [2.24, 2.45) is 0 Å². The van der Waals surface area contributed by atoms with Gasteiger partial charge in [-0.15, -0.1) is 0 Å². The molecule has 0 bridgehead atoms. The molecule has 0 radical (unpaired) electrons. The molecule has 7 nitrogen and oxygen atoms in total. The molecule has 4 amide bonds. The second-order valence-electron chi connectivity index (χ2n) is 5.07. The third-order valence-electron chi connectivity index (χ3n) is 3.74. The first-order valence-corrected chi connectivity index (χ1v) is 6.61. The molecule has 108 valence electrons. The highest BCUT2D eigenvalue weighted by atomic mass is 16.2. The van der Waals surface area contributed by atoms with E-state index in [1.807, 2.05) is 0 Å². The number of nitrogens with one attached hydrogen (secondary N) is 1. The minimum Gasteiger partial charge on any atom is -0.398 e. The van der Waals surface area contributed by atoms with Gasteiger partial charge in [-0.3, -0.25) is 29.4 Å². The molecule has 0 saturated carbocycles. The number of imide groups is 2. The van der Waals surface area contributed by atoms with Crippen LogP contribution in [0.15, 0.2) is 18.2 Å². The highest BCUT2D eigenvalue weighted by Gasteiger charge is 2.44. The lowest BCUT2D eigenvalue weighted by Crippen LogP contribution is -2.49. The normalized spacial score (nSPS) is 22.1. The molecule has 7 heteroatoms. The van der Waals surface area contributed by atoms with Crippen LogP contribution in [-0.4, -0.2) is 34.6 Å². The molecule has 1 fully saturated rings. The Hall–Kier alpha value is -2.70. The van der Waals surface area contributed by atoms with E-state index in [2.05, 4.69) is 5.32 Å². The van der Waals surface area contributed by atoms with Crippen LogP contribution in [0.1, 0.15) is 40.0 Å². The summed E-state index contributed by atoms with van der Waals surface area (Å²) < 4.78 is 0. The van der Waals surface area contributed by atoms with E-state index >= 15 is 0 Å². The molecular weight excluding hydrogens is 274 g/mol. The topological polar surface area (TPSA) is 110 Å². The van der Waals surface area contributed by atoms with Gasteiger partial charge >= 0.3 is 0 Å². The van der Waals surface area contributed by atoms with Gasteiger partial charge in [0.2, 0.25) is 11.8 Å². The highest BCUT2D eigenvalue weighted by Crippen LogP contribution is 2.30. The summed E-state index contributed by atoms with van der Waals surface area (Å²) in [6.07, 6.45) is 0.904. The van der Waals surface area contributed by atoms with Gasteiger partial charge in [-0.1, -0.05) is 6.07 Å². The summed E-state index contributed by atoms with van der Waals surface area (Å²) in [6.45, 7) is 0. The minimum atomic E-state index is -0.969. The van der Waals surface area contributed by atoms with Crippen molar-refractivity contribution in [3.63, 3.8) is 0 Å². The number of anilines is 1. The van der Waals surface area contributed by atoms with Gasteiger partial charge < -0.3 is 5.73 Å². The Morgan fingerprint density at radius 3 is 2.62 bits per heavy atom. The first-order chi connectivity index (χ1) is 10.0. The Morgan fingerprint density at radius 2 is 1.90 bits per heavy atom. The molecular formula is C14H13N3O4. The Balaban J connectivity index is 2.00. The number of carbonyl (C=O) groups excluding carboxylic acids is 4. The number of amides is 4. The largest absolute Gasteiger partial charge is 0.398 e. The molecule has 3 N–H and O–H groups in total. The van der Waals surface area contributed by atoms with Crippen LogP contribution in [0.2, 0.25) is 0 Å². The number of hydrogen-bond acceptors (Lipinski definition) is 5. The Kier molecular flexibility index (Phi) is 2.97. The smallest absolute Gasteiger partial charge is 0.264 e. The van der Waals surface area contributed by atoms with Crippen molar-refractivity contribution >= 4 is 29.3 Å². The van der Waals surface area contributed by atoms with Gasteiger partial charge in [-0.2, -0.15) is 0 Å². The van der Waals surface area contributed by atoms with E-state index in [-0.39, 0.29) is 29.7 Å². The van der Waals surface area contributed by atoms with Crippen LogP contribution in [0, 0.1) is 0 Å².